The van der Waals surface area contributed by atoms with Gasteiger partial charge in [-0.1, -0.05) is 63.2 Å². The summed E-state index contributed by atoms with van der Waals surface area (Å²) >= 11 is 0. The second-order valence-electron chi connectivity index (χ2n) is 5.44. The molecule has 0 aliphatic carbocycles. The molecule has 0 aliphatic rings. The average molecular weight is 383 g/mol. The van der Waals surface area contributed by atoms with Crippen LogP contribution in [-0.4, -0.2) is 23.9 Å². The second kappa shape index (κ2) is 13.3. The molecule has 0 bridgehead atoms. The lowest BCUT2D eigenvalue weighted by molar-refractivity contribution is 1.52. The smallest absolute Gasteiger partial charge is 0.0884 e. The zero-order valence-corrected chi connectivity index (χ0v) is 16.8. The molecule has 0 aromatic heterocycles. The van der Waals surface area contributed by atoms with Gasteiger partial charge < -0.3 is 0 Å². The number of nitrogens with zero attached hydrogens (tertiary/aromatic N) is 4. The Balaban J connectivity index is 3.47. The lowest BCUT2D eigenvalue weighted by Gasteiger charge is -2.08. The fourth-order valence-corrected chi connectivity index (χ4v) is 2.40. The predicted octanol–water partition coefficient (Wildman–Crippen LogP) is 6.15. The van der Waals surface area contributed by atoms with E-state index in [0.29, 0.717) is 11.4 Å². The third kappa shape index (κ3) is 7.31. The van der Waals surface area contributed by atoms with E-state index in [0.717, 1.165) is 22.3 Å². The maximum Gasteiger partial charge on any atom is 0.0884 e. The molecule has 0 unspecified atom stereocenters. The van der Waals surface area contributed by atoms with Crippen molar-refractivity contribution in [1.29, 1.82) is 0 Å². The highest BCUT2D eigenvalue weighted by molar-refractivity contribution is 6.40. The summed E-state index contributed by atoms with van der Waals surface area (Å²) in [5.41, 5.74) is 5.04. The molecule has 1 rings (SSSR count). The highest BCUT2D eigenvalue weighted by Gasteiger charge is 2.07. The second-order valence-corrected chi connectivity index (χ2v) is 5.44. The first-order chi connectivity index (χ1) is 14.1. The van der Waals surface area contributed by atoms with E-state index in [1.54, 1.807) is 18.5 Å². The number of benzene rings is 1. The van der Waals surface area contributed by atoms with Gasteiger partial charge in [0.2, 0.25) is 0 Å². The highest BCUT2D eigenvalue weighted by Crippen LogP contribution is 2.20. The van der Waals surface area contributed by atoms with Crippen LogP contribution in [0.4, 0.5) is 0 Å². The number of aliphatic imine (C=N–C) groups is 4. The Labute approximate surface area is 173 Å². The molecule has 146 valence electrons. The van der Waals surface area contributed by atoms with Crippen molar-refractivity contribution in [3.63, 3.8) is 0 Å². The van der Waals surface area contributed by atoms with Gasteiger partial charge in [-0.15, -0.1) is 0 Å². The van der Waals surface area contributed by atoms with Crippen molar-refractivity contribution in [1.82, 2.24) is 0 Å². The minimum absolute atomic E-state index is 0.637. The van der Waals surface area contributed by atoms with Crippen molar-refractivity contribution < 1.29 is 0 Å². The Hall–Kier alpha value is -3.92. The van der Waals surface area contributed by atoms with Crippen LogP contribution in [0, 0.1) is 0 Å². The van der Waals surface area contributed by atoms with Crippen LogP contribution in [0.25, 0.3) is 5.57 Å². The molecule has 0 N–H and O–H groups in total. The van der Waals surface area contributed by atoms with E-state index in [-0.39, 0.29) is 0 Å². The van der Waals surface area contributed by atoms with Crippen molar-refractivity contribution in [3.8, 4) is 0 Å². The van der Waals surface area contributed by atoms with Gasteiger partial charge in [0.05, 0.1) is 23.9 Å². The van der Waals surface area contributed by atoms with E-state index in [9.17, 15) is 0 Å². The largest absolute Gasteiger partial charge is 0.263 e. The lowest BCUT2D eigenvalue weighted by atomic mass is 9.98. The minimum Gasteiger partial charge on any atom is -0.263 e. The molecule has 0 spiro atoms. The van der Waals surface area contributed by atoms with Crippen molar-refractivity contribution in [3.05, 3.63) is 117 Å². The van der Waals surface area contributed by atoms with Crippen LogP contribution in [0.1, 0.15) is 18.1 Å². The molecule has 0 heterocycles. The summed E-state index contributed by atoms with van der Waals surface area (Å²) in [5, 5.41) is 0. The summed E-state index contributed by atoms with van der Waals surface area (Å²) in [5.74, 6) is 0. The molecule has 0 aliphatic heterocycles. The van der Waals surface area contributed by atoms with E-state index < -0.39 is 0 Å². The maximum atomic E-state index is 4.30. The molecule has 0 amide bonds. The molecular formula is C25H26N4. The molecule has 1 aromatic rings. The molecular weight excluding hydrogens is 356 g/mol. The molecule has 0 fully saturated rings. The molecule has 29 heavy (non-hydrogen) atoms. The van der Waals surface area contributed by atoms with Gasteiger partial charge in [0.25, 0.3) is 0 Å². The molecule has 0 saturated carbocycles. The summed E-state index contributed by atoms with van der Waals surface area (Å²) < 4.78 is 0. The normalized spacial score (nSPS) is 13.6. The van der Waals surface area contributed by atoms with Crippen LogP contribution >= 0.6 is 0 Å². The van der Waals surface area contributed by atoms with Crippen LogP contribution < -0.4 is 0 Å². The molecule has 4 nitrogen and oxygen atoms in total. The van der Waals surface area contributed by atoms with Gasteiger partial charge in [0.15, 0.2) is 0 Å². The molecule has 0 atom stereocenters. The summed E-state index contributed by atoms with van der Waals surface area (Å²) in [4.78, 5) is 16.7. The molecule has 0 saturated heterocycles. The van der Waals surface area contributed by atoms with Gasteiger partial charge in [0.1, 0.15) is 0 Å². The first-order valence-corrected chi connectivity index (χ1v) is 8.92. The fraction of sp³-hybridized carbons (Fsp3) is 0.0400. The van der Waals surface area contributed by atoms with Gasteiger partial charge in [-0.25, -0.2) is 0 Å². The van der Waals surface area contributed by atoms with Crippen LogP contribution in [0.5, 0.6) is 0 Å². The number of hydrogen-bond acceptors (Lipinski definition) is 4. The molecule has 4 heteroatoms. The standard InChI is InChI=1S/C25H26N4/c1-7-20(16-21(8-2)24(28-11-5)18-26-9-3)22-14-13-15-23(17-22)25(29-12-6)19-27-10-4/h7-19H,2-6H2,1H3/b20-7+,21-16+,26-18-,27-19-,28-24+,29-25+. The van der Waals surface area contributed by atoms with Gasteiger partial charge in [-0.2, -0.15) is 0 Å². The van der Waals surface area contributed by atoms with E-state index in [1.165, 1.54) is 24.8 Å². The van der Waals surface area contributed by atoms with Crippen LogP contribution in [-0.2, 0) is 0 Å². The van der Waals surface area contributed by atoms with E-state index >= 15 is 0 Å². The predicted molar refractivity (Wildman–Crippen MR) is 130 cm³/mol. The van der Waals surface area contributed by atoms with Crippen LogP contribution in [0.3, 0.4) is 0 Å². The first-order valence-electron chi connectivity index (χ1n) is 8.92. The van der Waals surface area contributed by atoms with E-state index in [4.69, 9.17) is 0 Å². The third-order valence-corrected chi connectivity index (χ3v) is 3.69. The Kier molecular flexibility index (Phi) is 10.6. The van der Waals surface area contributed by atoms with Gasteiger partial charge in [0, 0.05) is 35.9 Å². The quantitative estimate of drug-likeness (QED) is 0.326. The van der Waals surface area contributed by atoms with Crippen LogP contribution in [0.2, 0.25) is 0 Å². The first kappa shape index (κ1) is 23.1. The Bertz CT molecular complexity index is 951. The zero-order valence-electron chi connectivity index (χ0n) is 16.8. The number of rotatable bonds is 11. The van der Waals surface area contributed by atoms with Crippen molar-refractivity contribution >= 4 is 29.4 Å². The summed E-state index contributed by atoms with van der Waals surface area (Å²) in [6.45, 7) is 20.4. The van der Waals surface area contributed by atoms with Gasteiger partial charge >= 0.3 is 0 Å². The van der Waals surface area contributed by atoms with Crippen molar-refractivity contribution in [2.24, 2.45) is 20.0 Å². The molecule has 1 aromatic carbocycles. The Morgan fingerprint density at radius 3 is 2.07 bits per heavy atom. The number of allylic oxidation sites excluding steroid dienone is 5. The van der Waals surface area contributed by atoms with Crippen molar-refractivity contribution in [2.45, 2.75) is 6.92 Å². The van der Waals surface area contributed by atoms with Crippen LogP contribution in [0.15, 0.2) is 126 Å². The van der Waals surface area contributed by atoms with Gasteiger partial charge in [-0.3, -0.25) is 20.0 Å². The van der Waals surface area contributed by atoms with E-state index in [1.807, 2.05) is 43.3 Å². The monoisotopic (exact) mass is 382 g/mol. The highest BCUT2D eigenvalue weighted by atomic mass is 14.8. The lowest BCUT2D eigenvalue weighted by Crippen LogP contribution is -2.04. The fourth-order valence-electron chi connectivity index (χ4n) is 2.40. The minimum atomic E-state index is 0.637. The summed E-state index contributed by atoms with van der Waals surface area (Å²) in [6.07, 6.45) is 14.9. The average Bonchev–Trinajstić information content (AvgIpc) is 2.75. The summed E-state index contributed by atoms with van der Waals surface area (Å²) in [7, 11) is 0. The molecule has 0 radical (unpaired) electrons. The van der Waals surface area contributed by atoms with Gasteiger partial charge in [-0.05, 0) is 30.2 Å². The maximum absolute atomic E-state index is 4.30. The van der Waals surface area contributed by atoms with E-state index in [2.05, 4.69) is 52.9 Å². The Morgan fingerprint density at radius 2 is 1.48 bits per heavy atom. The zero-order chi connectivity index (χ0) is 21.5. The summed E-state index contributed by atoms with van der Waals surface area (Å²) in [6, 6.07) is 7.99. The third-order valence-electron chi connectivity index (χ3n) is 3.69. The van der Waals surface area contributed by atoms with Crippen molar-refractivity contribution in [2.75, 3.05) is 0 Å². The topological polar surface area (TPSA) is 49.4 Å². The Morgan fingerprint density at radius 1 is 0.828 bits per heavy atom. The SMILES string of the molecule is C=C\N=C/C(=N\C=C)C(/C=C)=C/C(=C\C)c1cccc(C(/C=N\C=C)=N/C=C)c1. The number of hydrogen-bond donors (Lipinski definition) is 0.